The highest BCUT2D eigenvalue weighted by atomic mass is 16.2. The lowest BCUT2D eigenvalue weighted by Gasteiger charge is -2.04. The fourth-order valence-corrected chi connectivity index (χ4v) is 1.40. The molecule has 0 saturated carbocycles. The van der Waals surface area contributed by atoms with E-state index < -0.39 is 0 Å². The van der Waals surface area contributed by atoms with Crippen LogP contribution in [-0.2, 0) is 4.79 Å². The molecule has 0 fully saturated rings. The highest BCUT2D eigenvalue weighted by Gasteiger charge is 1.99. The number of para-hydroxylation sites is 2. The number of nitriles is 2. The van der Waals surface area contributed by atoms with Crippen molar-refractivity contribution in [2.24, 2.45) is 0 Å². The first-order valence-corrected chi connectivity index (χ1v) is 6.39. The summed E-state index contributed by atoms with van der Waals surface area (Å²) >= 11 is 0. The molecule has 0 radical (unpaired) electrons. The summed E-state index contributed by atoms with van der Waals surface area (Å²) in [6.07, 6.45) is 3.48. The smallest absolute Gasteiger partial charge is 0.235 e. The summed E-state index contributed by atoms with van der Waals surface area (Å²) in [6.45, 7) is 1.45. The van der Waals surface area contributed by atoms with Gasteiger partial charge in [-0.1, -0.05) is 36.4 Å². The fourth-order valence-electron chi connectivity index (χ4n) is 1.40. The third kappa shape index (κ3) is 6.09. The van der Waals surface area contributed by atoms with Crippen LogP contribution in [0.1, 0.15) is 6.92 Å². The molecule has 2 N–H and O–H groups in total. The van der Waals surface area contributed by atoms with Crippen LogP contribution in [0, 0.1) is 22.9 Å². The van der Waals surface area contributed by atoms with Gasteiger partial charge in [0, 0.05) is 6.92 Å². The first-order valence-electron chi connectivity index (χ1n) is 6.39. The van der Waals surface area contributed by atoms with Crippen molar-refractivity contribution in [2.45, 2.75) is 6.92 Å². The van der Waals surface area contributed by atoms with Crippen LogP contribution < -0.4 is 15.8 Å². The molecule has 2 aromatic rings. The Hall–Kier alpha value is -3.51. The zero-order valence-electron chi connectivity index (χ0n) is 12.0. The van der Waals surface area contributed by atoms with E-state index >= 15 is 0 Å². The Kier molecular flexibility index (Phi) is 7.07. The molecule has 0 aliphatic carbocycles. The molecule has 0 bridgehead atoms. The molecule has 0 aromatic heterocycles. The predicted molar refractivity (Wildman–Crippen MR) is 84.0 cm³/mol. The fraction of sp³-hybridized carbons (Fsp3) is 0.0625. The molecule has 0 aliphatic rings. The van der Waals surface area contributed by atoms with E-state index in [1.165, 1.54) is 6.92 Å². The maximum absolute atomic E-state index is 10.4. The zero-order chi connectivity index (χ0) is 16.2. The summed E-state index contributed by atoms with van der Waals surface area (Å²) in [5.74, 6) is -0.103. The van der Waals surface area contributed by atoms with Gasteiger partial charge in [-0.15, -0.1) is 0 Å². The lowest BCUT2D eigenvalue weighted by Crippen LogP contribution is -2.26. The Labute approximate surface area is 129 Å². The number of hydrazine groups is 1. The number of hydrogen-bond acceptors (Lipinski definition) is 5. The molecule has 22 heavy (non-hydrogen) atoms. The Bertz CT molecular complexity index is 644. The van der Waals surface area contributed by atoms with E-state index in [2.05, 4.69) is 10.9 Å². The lowest BCUT2D eigenvalue weighted by molar-refractivity contribution is -0.118. The number of carbonyl (C=O) groups excluding carboxylic acids is 1. The van der Waals surface area contributed by atoms with Gasteiger partial charge in [0.25, 0.3) is 0 Å². The van der Waals surface area contributed by atoms with E-state index in [9.17, 15) is 4.79 Å². The quantitative estimate of drug-likeness (QED) is 0.515. The normalized spacial score (nSPS) is 8.32. The first kappa shape index (κ1) is 16.5. The highest BCUT2D eigenvalue weighted by Crippen LogP contribution is 2.09. The lowest BCUT2D eigenvalue weighted by atomic mass is 10.3. The van der Waals surface area contributed by atoms with E-state index in [1.54, 1.807) is 36.7 Å². The van der Waals surface area contributed by atoms with E-state index in [4.69, 9.17) is 10.5 Å². The molecule has 0 aliphatic heterocycles. The summed E-state index contributed by atoms with van der Waals surface area (Å²) in [4.78, 5) is 11.4. The topological polar surface area (TPSA) is 91.9 Å². The summed E-state index contributed by atoms with van der Waals surface area (Å²) in [6, 6.07) is 18.2. The van der Waals surface area contributed by atoms with Crippen LogP contribution in [0.4, 0.5) is 11.4 Å². The van der Waals surface area contributed by atoms with Crippen LogP contribution >= 0.6 is 0 Å². The number of benzene rings is 2. The van der Waals surface area contributed by atoms with Crippen LogP contribution in [-0.4, -0.2) is 5.91 Å². The van der Waals surface area contributed by atoms with E-state index in [0.29, 0.717) is 5.69 Å². The average Bonchev–Trinajstić information content (AvgIpc) is 2.57. The molecule has 6 nitrogen and oxygen atoms in total. The van der Waals surface area contributed by atoms with Crippen molar-refractivity contribution in [2.75, 3.05) is 10.3 Å². The monoisotopic (exact) mass is 293 g/mol. The van der Waals surface area contributed by atoms with Gasteiger partial charge in [0.15, 0.2) is 12.4 Å². The number of rotatable bonds is 3. The van der Waals surface area contributed by atoms with Crippen LogP contribution in [0.25, 0.3) is 0 Å². The van der Waals surface area contributed by atoms with Crippen molar-refractivity contribution in [3.63, 3.8) is 0 Å². The van der Waals surface area contributed by atoms with Crippen LogP contribution in [0.15, 0.2) is 60.7 Å². The van der Waals surface area contributed by atoms with Gasteiger partial charge in [-0.3, -0.25) is 15.6 Å². The maximum Gasteiger partial charge on any atom is 0.235 e. The van der Waals surface area contributed by atoms with Gasteiger partial charge in [-0.2, -0.15) is 15.4 Å². The van der Waals surface area contributed by atoms with Crippen LogP contribution in [0.5, 0.6) is 0 Å². The van der Waals surface area contributed by atoms with E-state index in [0.717, 1.165) is 10.6 Å². The SMILES string of the molecule is CC(=O)NNc1ccccc1.N#CN(C#N)c1ccccc1. The Morgan fingerprint density at radius 3 is 1.91 bits per heavy atom. The third-order valence-corrected chi connectivity index (χ3v) is 2.37. The summed E-state index contributed by atoms with van der Waals surface area (Å²) < 4.78 is 0. The minimum absolute atomic E-state index is 0.103. The van der Waals surface area contributed by atoms with Crippen LogP contribution in [0.3, 0.4) is 0 Å². The molecule has 110 valence electrons. The van der Waals surface area contributed by atoms with E-state index in [1.807, 2.05) is 36.4 Å². The second-order valence-corrected chi connectivity index (χ2v) is 4.04. The van der Waals surface area contributed by atoms with Crippen LogP contribution in [0.2, 0.25) is 0 Å². The van der Waals surface area contributed by atoms with Gasteiger partial charge < -0.3 is 0 Å². The van der Waals surface area contributed by atoms with Crippen molar-refractivity contribution in [1.82, 2.24) is 5.43 Å². The van der Waals surface area contributed by atoms with Gasteiger partial charge in [0.1, 0.15) is 0 Å². The molecule has 0 spiro atoms. The molecule has 0 unspecified atom stereocenters. The number of amides is 1. The second-order valence-electron chi connectivity index (χ2n) is 4.04. The third-order valence-electron chi connectivity index (χ3n) is 2.37. The highest BCUT2D eigenvalue weighted by molar-refractivity contribution is 5.74. The van der Waals surface area contributed by atoms with Crippen molar-refractivity contribution < 1.29 is 4.79 Å². The molecule has 2 rings (SSSR count). The Morgan fingerprint density at radius 1 is 0.955 bits per heavy atom. The van der Waals surface area contributed by atoms with Gasteiger partial charge >= 0.3 is 0 Å². The van der Waals surface area contributed by atoms with Crippen molar-refractivity contribution >= 4 is 17.3 Å². The molecule has 1 amide bonds. The molecular weight excluding hydrogens is 278 g/mol. The number of hydrogen-bond donors (Lipinski definition) is 2. The van der Waals surface area contributed by atoms with E-state index in [-0.39, 0.29) is 5.91 Å². The molecule has 0 heterocycles. The largest absolute Gasteiger partial charge is 0.299 e. The molecule has 2 aromatic carbocycles. The number of nitrogens with zero attached hydrogens (tertiary/aromatic N) is 3. The predicted octanol–water partition coefficient (Wildman–Crippen LogP) is 2.60. The first-order chi connectivity index (χ1) is 10.7. The summed E-state index contributed by atoms with van der Waals surface area (Å²) in [5.41, 5.74) is 6.69. The minimum Gasteiger partial charge on any atom is -0.299 e. The summed E-state index contributed by atoms with van der Waals surface area (Å²) in [5, 5.41) is 16.9. The maximum atomic E-state index is 10.4. The average molecular weight is 293 g/mol. The zero-order valence-corrected chi connectivity index (χ0v) is 12.0. The standard InChI is InChI=1S/C8H5N3.C8H10N2O/c9-6-11(7-10)8-4-2-1-3-5-8;1-7(11)9-10-8-5-3-2-4-6-8/h1-5H;2-6,10H,1H3,(H,9,11). The number of nitrogens with one attached hydrogen (secondary N) is 2. The van der Waals surface area contributed by atoms with Gasteiger partial charge in [0.2, 0.25) is 5.91 Å². The van der Waals surface area contributed by atoms with Gasteiger partial charge in [-0.05, 0) is 24.3 Å². The minimum atomic E-state index is -0.103. The van der Waals surface area contributed by atoms with Crippen molar-refractivity contribution in [3.05, 3.63) is 60.7 Å². The molecule has 0 saturated heterocycles. The van der Waals surface area contributed by atoms with Crippen molar-refractivity contribution in [3.8, 4) is 12.4 Å². The van der Waals surface area contributed by atoms with Gasteiger partial charge in [0.05, 0.1) is 11.4 Å². The molecule has 6 heteroatoms. The van der Waals surface area contributed by atoms with Crippen molar-refractivity contribution in [1.29, 1.82) is 10.5 Å². The second kappa shape index (κ2) is 9.40. The number of carbonyl (C=O) groups is 1. The van der Waals surface area contributed by atoms with Gasteiger partial charge in [-0.25, -0.2) is 0 Å². The number of anilines is 2. The Balaban J connectivity index is 0.000000220. The summed E-state index contributed by atoms with van der Waals surface area (Å²) in [7, 11) is 0. The molecular formula is C16H15N5O. The molecule has 0 atom stereocenters. The Morgan fingerprint density at radius 2 is 1.45 bits per heavy atom.